The fourth-order valence-corrected chi connectivity index (χ4v) is 3.47. The van der Waals surface area contributed by atoms with Crippen molar-refractivity contribution in [3.8, 4) is 0 Å². The number of urea groups is 1. The van der Waals surface area contributed by atoms with Crippen LogP contribution in [0.2, 0.25) is 0 Å². The standard InChI is InChI=1S/C8H12N2O4S/c1-9-7(11)4-6-5-15(13,14)3-2-10(6)8(9)12/h6H,2-5H2,1H3. The van der Waals surface area contributed by atoms with Gasteiger partial charge in [-0.15, -0.1) is 0 Å². The lowest BCUT2D eigenvalue weighted by molar-refractivity contribution is -0.131. The Bertz CT molecular complexity index is 416. The van der Waals surface area contributed by atoms with Gasteiger partial charge in [0, 0.05) is 20.0 Å². The minimum Gasteiger partial charge on any atom is -0.319 e. The summed E-state index contributed by atoms with van der Waals surface area (Å²) in [5.41, 5.74) is 0. The molecule has 0 radical (unpaired) electrons. The van der Waals surface area contributed by atoms with Crippen LogP contribution in [0.3, 0.4) is 0 Å². The molecular weight excluding hydrogens is 220 g/mol. The van der Waals surface area contributed by atoms with Crippen molar-refractivity contribution in [3.05, 3.63) is 0 Å². The van der Waals surface area contributed by atoms with Crippen LogP contribution in [0.15, 0.2) is 0 Å². The molecule has 0 aromatic rings. The fourth-order valence-electron chi connectivity index (χ4n) is 1.95. The number of nitrogens with zero attached hydrogens (tertiary/aromatic N) is 2. The smallest absolute Gasteiger partial charge is 0.319 e. The highest BCUT2D eigenvalue weighted by Gasteiger charge is 2.41. The van der Waals surface area contributed by atoms with Crippen molar-refractivity contribution in [3.63, 3.8) is 0 Å². The first-order valence-corrected chi connectivity index (χ1v) is 6.50. The average molecular weight is 232 g/mol. The molecule has 15 heavy (non-hydrogen) atoms. The summed E-state index contributed by atoms with van der Waals surface area (Å²) >= 11 is 0. The first kappa shape index (κ1) is 10.4. The molecule has 84 valence electrons. The predicted octanol–water partition coefficient (Wildman–Crippen LogP) is -0.932. The first-order chi connectivity index (χ1) is 6.91. The van der Waals surface area contributed by atoms with Crippen LogP contribution in [0.5, 0.6) is 0 Å². The quantitative estimate of drug-likeness (QED) is 0.540. The molecule has 7 heteroatoms. The molecule has 0 spiro atoms. The van der Waals surface area contributed by atoms with Crippen molar-refractivity contribution < 1.29 is 18.0 Å². The van der Waals surface area contributed by atoms with Crippen LogP contribution in [0.4, 0.5) is 4.79 Å². The highest BCUT2D eigenvalue weighted by Crippen LogP contribution is 2.21. The maximum atomic E-state index is 11.6. The minimum atomic E-state index is -3.08. The van der Waals surface area contributed by atoms with Crippen molar-refractivity contribution in [2.24, 2.45) is 0 Å². The van der Waals surface area contributed by atoms with E-state index in [9.17, 15) is 18.0 Å². The zero-order valence-electron chi connectivity index (χ0n) is 8.34. The topological polar surface area (TPSA) is 74.8 Å². The number of carbonyl (C=O) groups is 2. The average Bonchev–Trinajstić information content (AvgIpc) is 2.12. The SMILES string of the molecule is CN1C(=O)CC2CS(=O)(=O)CCN2C1=O. The summed E-state index contributed by atoms with van der Waals surface area (Å²) in [7, 11) is -1.66. The van der Waals surface area contributed by atoms with Crippen molar-refractivity contribution >= 4 is 21.8 Å². The number of hydrogen-bond donors (Lipinski definition) is 0. The highest BCUT2D eigenvalue weighted by atomic mass is 32.2. The number of amides is 3. The lowest BCUT2D eigenvalue weighted by Crippen LogP contribution is -2.60. The lowest BCUT2D eigenvalue weighted by Gasteiger charge is -2.41. The van der Waals surface area contributed by atoms with Gasteiger partial charge >= 0.3 is 6.03 Å². The third kappa shape index (κ3) is 1.71. The van der Waals surface area contributed by atoms with E-state index in [-0.39, 0.29) is 36.4 Å². The number of carbonyl (C=O) groups excluding carboxylic acids is 2. The summed E-state index contributed by atoms with van der Waals surface area (Å²) in [5, 5.41) is 0. The van der Waals surface area contributed by atoms with E-state index in [2.05, 4.69) is 0 Å². The molecule has 2 heterocycles. The fraction of sp³-hybridized carbons (Fsp3) is 0.750. The summed E-state index contributed by atoms with van der Waals surface area (Å²) in [6.07, 6.45) is 0.113. The summed E-state index contributed by atoms with van der Waals surface area (Å²) in [6.45, 7) is 0.198. The van der Waals surface area contributed by atoms with E-state index in [1.54, 1.807) is 0 Å². The van der Waals surface area contributed by atoms with E-state index >= 15 is 0 Å². The molecule has 1 atom stereocenters. The second-order valence-corrected chi connectivity index (χ2v) is 6.13. The maximum absolute atomic E-state index is 11.6. The number of imide groups is 1. The lowest BCUT2D eigenvalue weighted by atomic mass is 10.1. The number of sulfone groups is 1. The van der Waals surface area contributed by atoms with Crippen LogP contribution >= 0.6 is 0 Å². The molecule has 2 aliphatic rings. The van der Waals surface area contributed by atoms with Crippen LogP contribution in [0.1, 0.15) is 6.42 Å². The van der Waals surface area contributed by atoms with Crippen LogP contribution in [-0.2, 0) is 14.6 Å². The van der Waals surface area contributed by atoms with Gasteiger partial charge in [-0.25, -0.2) is 13.2 Å². The number of hydrogen-bond acceptors (Lipinski definition) is 4. The monoisotopic (exact) mass is 232 g/mol. The van der Waals surface area contributed by atoms with Crippen LogP contribution < -0.4 is 0 Å². The van der Waals surface area contributed by atoms with Crippen LogP contribution in [0, 0.1) is 0 Å². The van der Waals surface area contributed by atoms with Crippen molar-refractivity contribution in [2.75, 3.05) is 25.1 Å². The molecular formula is C8H12N2O4S. The van der Waals surface area contributed by atoms with Gasteiger partial charge in [0.15, 0.2) is 9.84 Å². The summed E-state index contributed by atoms with van der Waals surface area (Å²) in [4.78, 5) is 25.5. The minimum absolute atomic E-state index is 0.00271. The summed E-state index contributed by atoms with van der Waals surface area (Å²) in [5.74, 6) is -0.395. The van der Waals surface area contributed by atoms with E-state index in [0.29, 0.717) is 0 Å². The van der Waals surface area contributed by atoms with Crippen LogP contribution in [0.25, 0.3) is 0 Å². The second-order valence-electron chi connectivity index (χ2n) is 3.90. The molecule has 0 aromatic heterocycles. The van der Waals surface area contributed by atoms with Gasteiger partial charge < -0.3 is 4.90 Å². The number of rotatable bonds is 0. The molecule has 6 nitrogen and oxygen atoms in total. The zero-order valence-corrected chi connectivity index (χ0v) is 9.16. The van der Waals surface area contributed by atoms with E-state index in [4.69, 9.17) is 0 Å². The third-order valence-electron chi connectivity index (χ3n) is 2.85. The first-order valence-electron chi connectivity index (χ1n) is 4.68. The molecule has 0 aromatic carbocycles. The maximum Gasteiger partial charge on any atom is 0.326 e. The summed E-state index contributed by atoms with van der Waals surface area (Å²) in [6, 6.07) is -0.842. The second kappa shape index (κ2) is 3.19. The molecule has 2 saturated heterocycles. The van der Waals surface area contributed by atoms with E-state index < -0.39 is 15.9 Å². The van der Waals surface area contributed by atoms with Crippen molar-refractivity contribution in [2.45, 2.75) is 12.5 Å². The number of fused-ring (bicyclic) bond motifs is 1. The molecule has 0 saturated carbocycles. The normalized spacial score (nSPS) is 30.3. The van der Waals surface area contributed by atoms with Gasteiger partial charge in [0.1, 0.15) is 0 Å². The van der Waals surface area contributed by atoms with Gasteiger partial charge in [-0.3, -0.25) is 9.69 Å². The summed E-state index contributed by atoms with van der Waals surface area (Å²) < 4.78 is 22.7. The highest BCUT2D eigenvalue weighted by molar-refractivity contribution is 7.91. The Morgan fingerprint density at radius 2 is 2.00 bits per heavy atom. The van der Waals surface area contributed by atoms with Gasteiger partial charge in [0.2, 0.25) is 5.91 Å². The Balaban J connectivity index is 2.25. The van der Waals surface area contributed by atoms with E-state index in [0.717, 1.165) is 4.90 Å². The molecule has 0 N–H and O–H groups in total. The van der Waals surface area contributed by atoms with E-state index in [1.807, 2.05) is 0 Å². The Kier molecular flexibility index (Phi) is 2.22. The molecule has 2 fully saturated rings. The Morgan fingerprint density at radius 1 is 1.33 bits per heavy atom. The van der Waals surface area contributed by atoms with Gasteiger partial charge in [-0.1, -0.05) is 0 Å². The molecule has 3 amide bonds. The Labute approximate surface area is 87.8 Å². The van der Waals surface area contributed by atoms with E-state index in [1.165, 1.54) is 11.9 Å². The Hall–Kier alpha value is -1.11. The molecule has 1 unspecified atom stereocenters. The predicted molar refractivity (Wildman–Crippen MR) is 51.9 cm³/mol. The van der Waals surface area contributed by atoms with Gasteiger partial charge in [0.25, 0.3) is 0 Å². The molecule has 0 bridgehead atoms. The van der Waals surface area contributed by atoms with Crippen molar-refractivity contribution in [1.82, 2.24) is 9.80 Å². The Morgan fingerprint density at radius 3 is 2.67 bits per heavy atom. The van der Waals surface area contributed by atoms with Crippen LogP contribution in [-0.4, -0.2) is 61.3 Å². The zero-order chi connectivity index (χ0) is 11.2. The van der Waals surface area contributed by atoms with Gasteiger partial charge in [0.05, 0.1) is 17.5 Å². The van der Waals surface area contributed by atoms with Gasteiger partial charge in [-0.2, -0.15) is 0 Å². The molecule has 0 aliphatic carbocycles. The third-order valence-corrected chi connectivity index (χ3v) is 4.54. The molecule has 2 rings (SSSR count). The van der Waals surface area contributed by atoms with Gasteiger partial charge in [-0.05, 0) is 0 Å². The molecule has 2 aliphatic heterocycles. The van der Waals surface area contributed by atoms with Crippen molar-refractivity contribution in [1.29, 1.82) is 0 Å². The largest absolute Gasteiger partial charge is 0.326 e.